The van der Waals surface area contributed by atoms with Crippen LogP contribution < -0.4 is 4.74 Å². The molecule has 0 bridgehead atoms. The molecule has 102 valence electrons. The minimum atomic E-state index is -0.301. The summed E-state index contributed by atoms with van der Waals surface area (Å²) in [7, 11) is 0. The minimum absolute atomic E-state index is 0.301. The predicted molar refractivity (Wildman–Crippen MR) is 79.8 cm³/mol. The fraction of sp³-hybridized carbons (Fsp3) is 0.176. The molecule has 2 aromatic carbocycles. The molecule has 3 heteroatoms. The van der Waals surface area contributed by atoms with Crippen LogP contribution in [0.5, 0.6) is 5.75 Å². The van der Waals surface area contributed by atoms with Gasteiger partial charge in [-0.2, -0.15) is 0 Å². The van der Waals surface area contributed by atoms with Crippen LogP contribution >= 0.6 is 0 Å². The van der Waals surface area contributed by atoms with E-state index in [1.54, 1.807) is 12.1 Å². The summed E-state index contributed by atoms with van der Waals surface area (Å²) < 4.78 is 5.76. The molecule has 0 saturated carbocycles. The molecule has 1 N–H and O–H groups in total. The van der Waals surface area contributed by atoms with E-state index in [-0.39, 0.29) is 5.78 Å². The number of hydrogen-bond acceptors (Lipinski definition) is 3. The van der Waals surface area contributed by atoms with Gasteiger partial charge >= 0.3 is 0 Å². The van der Waals surface area contributed by atoms with Gasteiger partial charge < -0.3 is 10.1 Å². The average molecular weight is 267 g/mol. The quantitative estimate of drug-likeness (QED) is 0.663. The van der Waals surface area contributed by atoms with Gasteiger partial charge in [0.25, 0.3) is 0 Å². The van der Waals surface area contributed by atoms with E-state index >= 15 is 0 Å². The van der Waals surface area contributed by atoms with Crippen molar-refractivity contribution < 1.29 is 9.53 Å². The van der Waals surface area contributed by atoms with E-state index in [0.29, 0.717) is 12.2 Å². The summed E-state index contributed by atoms with van der Waals surface area (Å²) in [6, 6.07) is 13.2. The normalized spacial score (nSPS) is 10.1. The fourth-order valence-corrected chi connectivity index (χ4v) is 2.14. The molecule has 0 unspecified atom stereocenters. The van der Waals surface area contributed by atoms with Crippen LogP contribution in [0.3, 0.4) is 0 Å². The van der Waals surface area contributed by atoms with Crippen LogP contribution in [-0.4, -0.2) is 12.0 Å². The van der Waals surface area contributed by atoms with Crippen LogP contribution in [0.4, 0.5) is 0 Å². The lowest BCUT2D eigenvalue weighted by Crippen LogP contribution is -2.07. The standard InChI is InChI=1S/C17H17NO2/c1-12-7-13(2)9-15(8-12)20-11-14-5-3-4-6-16(14)17(19)10-18/h3-10,18H,11H2,1-2H3. The Hall–Kier alpha value is -2.42. The van der Waals surface area contributed by atoms with Gasteiger partial charge in [0.15, 0.2) is 0 Å². The van der Waals surface area contributed by atoms with Crippen molar-refractivity contribution in [1.82, 2.24) is 0 Å². The number of aryl methyl sites for hydroxylation is 2. The van der Waals surface area contributed by atoms with Gasteiger partial charge in [-0.15, -0.1) is 0 Å². The Kier molecular flexibility index (Phi) is 4.31. The lowest BCUT2D eigenvalue weighted by atomic mass is 10.0. The van der Waals surface area contributed by atoms with E-state index < -0.39 is 0 Å². The summed E-state index contributed by atoms with van der Waals surface area (Å²) in [5.74, 6) is 0.490. The van der Waals surface area contributed by atoms with Gasteiger partial charge in [-0.1, -0.05) is 30.3 Å². The van der Waals surface area contributed by atoms with Crippen molar-refractivity contribution in [3.8, 4) is 5.75 Å². The second kappa shape index (κ2) is 6.15. The third-order valence-corrected chi connectivity index (χ3v) is 3.00. The number of hydrogen-bond donors (Lipinski definition) is 1. The van der Waals surface area contributed by atoms with Crippen LogP contribution in [0.2, 0.25) is 0 Å². The molecular formula is C17H17NO2. The number of nitrogens with one attached hydrogen (secondary N) is 1. The molecule has 20 heavy (non-hydrogen) atoms. The molecule has 0 spiro atoms. The lowest BCUT2D eigenvalue weighted by molar-refractivity contribution is 0.106. The number of carbonyl (C=O) groups is 1. The predicted octanol–water partition coefficient (Wildman–Crippen LogP) is 3.71. The topological polar surface area (TPSA) is 50.2 Å². The number of carbonyl (C=O) groups excluding carboxylic acids is 1. The zero-order valence-corrected chi connectivity index (χ0v) is 11.6. The maximum Gasteiger partial charge on any atom is 0.203 e. The Morgan fingerprint density at radius 3 is 2.45 bits per heavy atom. The molecule has 2 rings (SSSR count). The molecule has 0 aliphatic heterocycles. The third kappa shape index (κ3) is 3.32. The van der Waals surface area contributed by atoms with Gasteiger partial charge in [0.1, 0.15) is 12.4 Å². The molecule has 0 aromatic heterocycles. The van der Waals surface area contributed by atoms with E-state index in [1.807, 2.05) is 38.1 Å². The zero-order chi connectivity index (χ0) is 14.5. The van der Waals surface area contributed by atoms with Crippen LogP contribution in [0.25, 0.3) is 0 Å². The van der Waals surface area contributed by atoms with Crippen molar-refractivity contribution >= 4 is 12.0 Å². The monoisotopic (exact) mass is 267 g/mol. The maximum atomic E-state index is 11.7. The van der Waals surface area contributed by atoms with Crippen LogP contribution in [0, 0.1) is 19.3 Å². The van der Waals surface area contributed by atoms with Crippen molar-refractivity contribution in [1.29, 1.82) is 5.41 Å². The molecule has 0 aliphatic carbocycles. The second-order valence-electron chi connectivity index (χ2n) is 4.78. The number of Topliss-reactive ketones (excluding diaryl/α,β-unsaturated/α-hetero) is 1. The summed E-state index contributed by atoms with van der Waals surface area (Å²) in [5.41, 5.74) is 3.60. The van der Waals surface area contributed by atoms with E-state index in [0.717, 1.165) is 28.7 Å². The number of rotatable bonds is 5. The first-order chi connectivity index (χ1) is 9.60. The minimum Gasteiger partial charge on any atom is -0.489 e. The van der Waals surface area contributed by atoms with Crippen LogP contribution in [0.15, 0.2) is 42.5 Å². The van der Waals surface area contributed by atoms with Crippen molar-refractivity contribution in [2.24, 2.45) is 0 Å². The second-order valence-corrected chi connectivity index (χ2v) is 4.78. The molecule has 0 atom stereocenters. The van der Waals surface area contributed by atoms with E-state index in [2.05, 4.69) is 6.07 Å². The molecule has 0 amide bonds. The number of ether oxygens (including phenoxy) is 1. The first-order valence-corrected chi connectivity index (χ1v) is 6.44. The number of benzene rings is 2. The van der Waals surface area contributed by atoms with E-state index in [1.165, 1.54) is 0 Å². The van der Waals surface area contributed by atoms with Gasteiger partial charge in [0.2, 0.25) is 5.78 Å². The highest BCUT2D eigenvalue weighted by Crippen LogP contribution is 2.19. The van der Waals surface area contributed by atoms with Crippen molar-refractivity contribution in [2.45, 2.75) is 20.5 Å². The van der Waals surface area contributed by atoms with Crippen molar-refractivity contribution in [2.75, 3.05) is 0 Å². The van der Waals surface area contributed by atoms with Gasteiger partial charge in [-0.05, 0) is 37.1 Å². The Balaban J connectivity index is 2.18. The van der Waals surface area contributed by atoms with Gasteiger partial charge in [0.05, 0.1) is 6.21 Å². The Bertz CT molecular complexity index is 627. The Labute approximate surface area is 118 Å². The third-order valence-electron chi connectivity index (χ3n) is 3.00. The molecule has 0 radical (unpaired) electrons. The first-order valence-electron chi connectivity index (χ1n) is 6.44. The average Bonchev–Trinajstić information content (AvgIpc) is 2.43. The molecule has 2 aromatic rings. The molecule has 0 fully saturated rings. The van der Waals surface area contributed by atoms with Gasteiger partial charge in [-0.3, -0.25) is 4.79 Å². The van der Waals surface area contributed by atoms with Crippen LogP contribution in [-0.2, 0) is 6.61 Å². The highest BCUT2D eigenvalue weighted by molar-refractivity contribution is 6.34. The van der Waals surface area contributed by atoms with Crippen LogP contribution in [0.1, 0.15) is 27.0 Å². The summed E-state index contributed by atoms with van der Waals surface area (Å²) >= 11 is 0. The number of ketones is 1. The summed E-state index contributed by atoms with van der Waals surface area (Å²) in [6.45, 7) is 4.36. The SMILES string of the molecule is Cc1cc(C)cc(OCc2ccccc2C(=O)C=N)c1. The van der Waals surface area contributed by atoms with Crippen molar-refractivity contribution in [3.05, 3.63) is 64.7 Å². The lowest BCUT2D eigenvalue weighted by Gasteiger charge is -2.10. The highest BCUT2D eigenvalue weighted by Gasteiger charge is 2.09. The smallest absolute Gasteiger partial charge is 0.203 e. The zero-order valence-electron chi connectivity index (χ0n) is 11.6. The Morgan fingerprint density at radius 1 is 1.15 bits per heavy atom. The molecular weight excluding hydrogens is 250 g/mol. The molecule has 0 saturated heterocycles. The summed E-state index contributed by atoms with van der Waals surface area (Å²) in [6.07, 6.45) is 0.829. The molecule has 3 nitrogen and oxygen atoms in total. The maximum absolute atomic E-state index is 11.7. The molecule has 0 heterocycles. The van der Waals surface area contributed by atoms with E-state index in [9.17, 15) is 4.79 Å². The van der Waals surface area contributed by atoms with Crippen molar-refractivity contribution in [3.63, 3.8) is 0 Å². The molecule has 0 aliphatic rings. The summed E-state index contributed by atoms with van der Waals surface area (Å²) in [5, 5.41) is 7.08. The fourth-order valence-electron chi connectivity index (χ4n) is 2.14. The van der Waals surface area contributed by atoms with E-state index in [4.69, 9.17) is 10.1 Å². The first kappa shape index (κ1) is 14.0. The highest BCUT2D eigenvalue weighted by atomic mass is 16.5. The van der Waals surface area contributed by atoms with Gasteiger partial charge in [-0.25, -0.2) is 0 Å². The largest absolute Gasteiger partial charge is 0.489 e. The van der Waals surface area contributed by atoms with Gasteiger partial charge in [0, 0.05) is 11.1 Å². The Morgan fingerprint density at radius 2 is 1.80 bits per heavy atom. The summed E-state index contributed by atoms with van der Waals surface area (Å²) in [4.78, 5) is 11.7.